The molecule has 0 radical (unpaired) electrons. The Morgan fingerprint density at radius 1 is 0.494 bits per heavy atom. The van der Waals surface area contributed by atoms with Gasteiger partial charge in [0.1, 0.15) is 0 Å². The van der Waals surface area contributed by atoms with Crippen LogP contribution < -0.4 is 16.0 Å². The lowest BCUT2D eigenvalue weighted by molar-refractivity contribution is 0.0378. The van der Waals surface area contributed by atoms with Crippen LogP contribution >= 0.6 is 23.2 Å². The number of fused-ring (bicyclic) bond motifs is 9. The van der Waals surface area contributed by atoms with Crippen LogP contribution in [0.2, 0.25) is 10.0 Å². The van der Waals surface area contributed by atoms with Crippen LogP contribution in [0.3, 0.4) is 0 Å². The molecule has 0 amide bonds. The fourth-order valence-corrected chi connectivity index (χ4v) is 12.4. The number of morpholine rings is 1. The summed E-state index contributed by atoms with van der Waals surface area (Å²) in [7, 11) is 4.23. The van der Waals surface area contributed by atoms with E-state index in [0.717, 1.165) is 130 Å². The molecule has 0 saturated carbocycles. The highest BCUT2D eigenvalue weighted by Gasteiger charge is 2.30. The minimum atomic E-state index is 0.0626. The third kappa shape index (κ3) is 14.7. The zero-order chi connectivity index (χ0) is 58.3. The van der Waals surface area contributed by atoms with E-state index in [1.165, 1.54) is 57.3 Å². The first kappa shape index (κ1) is 59.1. The van der Waals surface area contributed by atoms with Gasteiger partial charge < -0.3 is 30.7 Å². The topological polar surface area (TPSA) is 149 Å². The van der Waals surface area contributed by atoms with Crippen molar-refractivity contribution in [3.05, 3.63) is 230 Å². The van der Waals surface area contributed by atoms with Crippen molar-refractivity contribution in [1.82, 2.24) is 39.7 Å². The molecule has 4 aliphatic rings. The molecule has 3 aromatic heterocycles. The maximum Gasteiger partial charge on any atom is 0.223 e. The van der Waals surface area contributed by atoms with Gasteiger partial charge in [-0.3, -0.25) is 4.90 Å². The predicted molar refractivity (Wildman–Crippen MR) is 345 cm³/mol. The van der Waals surface area contributed by atoms with Gasteiger partial charge in [0.15, 0.2) is 0 Å². The molecule has 3 aliphatic carbocycles. The van der Waals surface area contributed by atoms with E-state index in [0.29, 0.717) is 40.3 Å². The number of aromatic nitrogens is 6. The fourth-order valence-electron chi connectivity index (χ4n) is 12.1. The SMILES string of the molecule is CN(C)CCCCCNc1ncc2c(n1)-c1ccccc1C(c1ccc(Cl)c(Cl)c1)C2.OCCNc1ncc2c(n1)-c1ccccc1C(c1ccccc1)C2.c1ccc(C2Cc3cnc(NCCCN4CCOCC4)nc3-c3ccccc32)cc1. The van der Waals surface area contributed by atoms with Crippen LogP contribution in [0.5, 0.6) is 0 Å². The number of hydrogen-bond donors (Lipinski definition) is 4. The van der Waals surface area contributed by atoms with Crippen LogP contribution in [-0.4, -0.2) is 125 Å². The Balaban J connectivity index is 0.000000134. The van der Waals surface area contributed by atoms with Crippen molar-refractivity contribution in [2.75, 3.05) is 95.7 Å². The number of nitrogens with one attached hydrogen (secondary N) is 3. The number of benzene rings is 6. The summed E-state index contributed by atoms with van der Waals surface area (Å²) in [6, 6.07) is 52.9. The van der Waals surface area contributed by atoms with Gasteiger partial charge in [0.2, 0.25) is 17.8 Å². The number of aliphatic hydroxyl groups excluding tert-OH is 1. The van der Waals surface area contributed by atoms with Crippen molar-refractivity contribution < 1.29 is 9.84 Å². The molecule has 0 bridgehead atoms. The molecule has 15 heteroatoms. The van der Waals surface area contributed by atoms with Crippen LogP contribution in [0.4, 0.5) is 17.8 Å². The summed E-state index contributed by atoms with van der Waals surface area (Å²) < 4.78 is 5.42. The van der Waals surface area contributed by atoms with Crippen molar-refractivity contribution in [3.63, 3.8) is 0 Å². The number of rotatable bonds is 18. The van der Waals surface area contributed by atoms with Crippen molar-refractivity contribution in [1.29, 1.82) is 0 Å². The highest BCUT2D eigenvalue weighted by atomic mass is 35.5. The van der Waals surface area contributed by atoms with E-state index < -0.39 is 0 Å². The van der Waals surface area contributed by atoms with Crippen molar-refractivity contribution >= 4 is 41.0 Å². The molecule has 6 aromatic carbocycles. The summed E-state index contributed by atoms with van der Waals surface area (Å²) in [5, 5.41) is 20.0. The van der Waals surface area contributed by atoms with Crippen molar-refractivity contribution in [3.8, 4) is 33.8 Å². The zero-order valence-electron chi connectivity index (χ0n) is 48.6. The first-order chi connectivity index (χ1) is 41.8. The molecule has 13 nitrogen and oxygen atoms in total. The molecule has 1 saturated heterocycles. The highest BCUT2D eigenvalue weighted by Crippen LogP contribution is 2.45. The minimum absolute atomic E-state index is 0.0626. The van der Waals surface area contributed by atoms with Gasteiger partial charge in [-0.15, -0.1) is 0 Å². The molecule has 13 rings (SSSR count). The van der Waals surface area contributed by atoms with E-state index in [2.05, 4.69) is 193 Å². The number of halogens is 2. The van der Waals surface area contributed by atoms with E-state index in [1.807, 2.05) is 36.8 Å². The molecule has 1 fully saturated rings. The predicted octanol–water partition coefficient (Wildman–Crippen LogP) is 13.5. The largest absolute Gasteiger partial charge is 0.395 e. The van der Waals surface area contributed by atoms with Crippen molar-refractivity contribution in [2.24, 2.45) is 0 Å². The molecule has 85 heavy (non-hydrogen) atoms. The molecule has 3 unspecified atom stereocenters. The monoisotopic (exact) mass is 1170 g/mol. The van der Waals surface area contributed by atoms with Crippen LogP contribution in [0.25, 0.3) is 33.8 Å². The molecule has 436 valence electrons. The Labute approximate surface area is 510 Å². The summed E-state index contributed by atoms with van der Waals surface area (Å²) in [4.78, 5) is 32.8. The van der Waals surface area contributed by atoms with Gasteiger partial charge in [0.25, 0.3) is 0 Å². The molecule has 1 aliphatic heterocycles. The summed E-state index contributed by atoms with van der Waals surface area (Å²) in [5.74, 6) is 2.88. The van der Waals surface area contributed by atoms with Gasteiger partial charge in [-0.2, -0.15) is 0 Å². The second kappa shape index (κ2) is 29.0. The zero-order valence-corrected chi connectivity index (χ0v) is 50.1. The third-order valence-corrected chi connectivity index (χ3v) is 17.1. The second-order valence-electron chi connectivity index (χ2n) is 22.4. The summed E-state index contributed by atoms with van der Waals surface area (Å²) >= 11 is 12.5. The molecule has 4 heterocycles. The highest BCUT2D eigenvalue weighted by molar-refractivity contribution is 6.42. The normalized spacial score (nSPS) is 16.3. The maximum absolute atomic E-state index is 8.97. The first-order valence-electron chi connectivity index (χ1n) is 30.0. The number of anilines is 3. The number of nitrogens with zero attached hydrogens (tertiary/aromatic N) is 8. The lowest BCUT2D eigenvalue weighted by atomic mass is 9.78. The van der Waals surface area contributed by atoms with Crippen LogP contribution in [0, 0.1) is 0 Å². The lowest BCUT2D eigenvalue weighted by Gasteiger charge is -2.27. The van der Waals surface area contributed by atoms with Gasteiger partial charge >= 0.3 is 0 Å². The van der Waals surface area contributed by atoms with Crippen LogP contribution in [0.15, 0.2) is 170 Å². The van der Waals surface area contributed by atoms with Gasteiger partial charge in [-0.25, -0.2) is 29.9 Å². The van der Waals surface area contributed by atoms with Crippen LogP contribution in [-0.2, 0) is 24.0 Å². The Bertz CT molecular complexity index is 3640. The van der Waals surface area contributed by atoms with Crippen LogP contribution in [0.1, 0.15) is 93.5 Å². The van der Waals surface area contributed by atoms with Gasteiger partial charge in [0.05, 0.1) is 46.9 Å². The molecular formula is C70H75Cl2N11O2. The van der Waals surface area contributed by atoms with E-state index in [-0.39, 0.29) is 12.5 Å². The van der Waals surface area contributed by atoms with Crippen molar-refractivity contribution in [2.45, 2.75) is 62.7 Å². The number of unbranched alkanes of at least 4 members (excludes halogenated alkanes) is 2. The average Bonchev–Trinajstić information content (AvgIpc) is 3.42. The average molecular weight is 1170 g/mol. The lowest BCUT2D eigenvalue weighted by Crippen LogP contribution is -2.37. The number of hydrogen-bond acceptors (Lipinski definition) is 13. The van der Waals surface area contributed by atoms with Gasteiger partial charge in [-0.05, 0) is 128 Å². The quantitative estimate of drug-likeness (QED) is 0.0605. The van der Waals surface area contributed by atoms with E-state index in [4.69, 9.17) is 43.0 Å². The Morgan fingerprint density at radius 2 is 0.929 bits per heavy atom. The van der Waals surface area contributed by atoms with E-state index in [9.17, 15) is 0 Å². The maximum atomic E-state index is 8.97. The Kier molecular flexibility index (Phi) is 20.2. The Morgan fingerprint density at radius 3 is 1.39 bits per heavy atom. The van der Waals surface area contributed by atoms with Gasteiger partial charge in [0, 0.05) is 85.8 Å². The Hall–Kier alpha value is -7.62. The molecule has 9 aromatic rings. The van der Waals surface area contributed by atoms with Gasteiger partial charge in [-0.1, -0.05) is 169 Å². The van der Waals surface area contributed by atoms with E-state index in [1.54, 1.807) is 0 Å². The summed E-state index contributed by atoms with van der Waals surface area (Å²) in [6.07, 6.45) is 13.2. The fraction of sp³-hybridized carbons (Fsp3) is 0.314. The molecule has 0 spiro atoms. The van der Waals surface area contributed by atoms with E-state index >= 15 is 0 Å². The number of ether oxygens (including phenoxy) is 1. The standard InChI is InChI=1S/C25H28Cl2N4.C25H28N4O.C20H19N3O/c1-31(2)13-7-3-6-12-28-25-29-16-18-14-21(17-10-11-22(26)23(27)15-17)19-8-4-5-9-20(19)24(18)30-25;1-2-7-19(8-3-1)23-17-20-18-27-25(26-11-6-12-29-13-15-30-16-14-29)28-24(20)22-10-5-4-9-21(22)23;24-11-10-21-20-22-13-15-12-18(14-6-2-1-3-7-14)16-8-4-5-9-17(16)19(15)23-20/h4-5,8-11,15-16,21H,3,6-7,12-14H2,1-2H3,(H,28,29,30);1-5,7-10,18,23H,6,11-17H2,(H,26,27,28);1-9,13,18,24H,10-12H2,(H,21,22,23). The molecular weight excluding hydrogens is 1100 g/mol. The molecule has 3 atom stereocenters. The molecule has 4 N–H and O–H groups in total. The second-order valence-corrected chi connectivity index (χ2v) is 23.2. The minimum Gasteiger partial charge on any atom is -0.395 e. The third-order valence-electron chi connectivity index (χ3n) is 16.4. The smallest absolute Gasteiger partial charge is 0.223 e. The number of aliphatic hydroxyl groups is 1. The first-order valence-corrected chi connectivity index (χ1v) is 30.7. The summed E-state index contributed by atoms with van der Waals surface area (Å²) in [5.41, 5.74) is 18.0. The summed E-state index contributed by atoms with van der Waals surface area (Å²) in [6.45, 7) is 8.28.